The van der Waals surface area contributed by atoms with Crippen molar-refractivity contribution >= 4 is 10.9 Å². The highest BCUT2D eigenvalue weighted by Gasteiger charge is 2.14. The van der Waals surface area contributed by atoms with E-state index >= 15 is 0 Å². The van der Waals surface area contributed by atoms with Gasteiger partial charge in [-0.1, -0.05) is 18.2 Å². The monoisotopic (exact) mass is 237 g/mol. The van der Waals surface area contributed by atoms with Gasteiger partial charge in [0.25, 0.3) is 0 Å². The van der Waals surface area contributed by atoms with E-state index in [1.807, 2.05) is 30.7 Å². The van der Waals surface area contributed by atoms with Crippen molar-refractivity contribution in [2.24, 2.45) is 5.92 Å². The zero-order valence-electron chi connectivity index (χ0n) is 10.0. The number of nitrogens with zero attached hydrogens (tertiary/aromatic N) is 1. The first-order chi connectivity index (χ1) is 8.93. The Morgan fingerprint density at radius 1 is 1.28 bits per heavy atom. The summed E-state index contributed by atoms with van der Waals surface area (Å²) < 4.78 is 0. The third-order valence-corrected chi connectivity index (χ3v) is 3.13. The molecule has 2 aliphatic rings. The van der Waals surface area contributed by atoms with E-state index in [0.717, 1.165) is 17.3 Å². The molecule has 3 heteroatoms. The third-order valence-electron chi connectivity index (χ3n) is 3.13. The van der Waals surface area contributed by atoms with E-state index in [4.69, 9.17) is 0 Å². The normalized spacial score (nSPS) is 19.8. The third kappa shape index (κ3) is 2.20. The van der Waals surface area contributed by atoms with Crippen LogP contribution in [0.4, 0.5) is 0 Å². The first-order valence-corrected chi connectivity index (χ1v) is 6.10. The van der Waals surface area contributed by atoms with Crippen molar-refractivity contribution in [2.45, 2.75) is 6.42 Å². The fourth-order valence-corrected chi connectivity index (χ4v) is 2.14. The summed E-state index contributed by atoms with van der Waals surface area (Å²) in [6.07, 6.45) is 17.3. The molecule has 18 heavy (non-hydrogen) atoms. The Bertz CT molecular complexity index is 589. The van der Waals surface area contributed by atoms with Crippen LogP contribution in [0.2, 0.25) is 0 Å². The standard InChI is InChI=1S/C8H9N.C7H6N2/c1-2-4-8-7(3-1)5-6-9-8;1-4-9-7-2-3-8-5-6(1)7/h1-2,4-7,9H,3H2;1-5,9H. The Labute approximate surface area is 106 Å². The molecule has 90 valence electrons. The summed E-state index contributed by atoms with van der Waals surface area (Å²) in [4.78, 5) is 7.04. The molecule has 1 unspecified atom stereocenters. The highest BCUT2D eigenvalue weighted by Crippen LogP contribution is 2.22. The van der Waals surface area contributed by atoms with Crippen molar-refractivity contribution in [3.63, 3.8) is 0 Å². The topological polar surface area (TPSA) is 40.7 Å². The van der Waals surface area contributed by atoms with E-state index in [2.05, 4.69) is 39.6 Å². The van der Waals surface area contributed by atoms with Crippen LogP contribution >= 0.6 is 0 Å². The number of allylic oxidation sites excluding steroid dienone is 4. The van der Waals surface area contributed by atoms with Crippen LogP contribution in [0.1, 0.15) is 6.42 Å². The average molecular weight is 237 g/mol. The van der Waals surface area contributed by atoms with Crippen LogP contribution in [-0.2, 0) is 0 Å². The molecule has 2 aromatic heterocycles. The van der Waals surface area contributed by atoms with E-state index in [1.165, 1.54) is 5.70 Å². The van der Waals surface area contributed by atoms with E-state index in [1.54, 1.807) is 6.20 Å². The minimum absolute atomic E-state index is 0.648. The molecular weight excluding hydrogens is 222 g/mol. The highest BCUT2D eigenvalue weighted by molar-refractivity contribution is 5.77. The van der Waals surface area contributed by atoms with Crippen LogP contribution in [0.25, 0.3) is 10.9 Å². The van der Waals surface area contributed by atoms with Crippen LogP contribution in [0.5, 0.6) is 0 Å². The molecule has 1 aliphatic heterocycles. The number of H-pyrrole nitrogens is 1. The second kappa shape index (κ2) is 4.92. The maximum atomic E-state index is 3.97. The van der Waals surface area contributed by atoms with Crippen molar-refractivity contribution in [3.8, 4) is 0 Å². The van der Waals surface area contributed by atoms with Gasteiger partial charge >= 0.3 is 0 Å². The van der Waals surface area contributed by atoms with E-state index in [-0.39, 0.29) is 0 Å². The van der Waals surface area contributed by atoms with Crippen LogP contribution in [0, 0.1) is 5.92 Å². The summed E-state index contributed by atoms with van der Waals surface area (Å²) in [6.45, 7) is 0. The van der Waals surface area contributed by atoms with E-state index in [9.17, 15) is 0 Å². The zero-order valence-corrected chi connectivity index (χ0v) is 10.0. The van der Waals surface area contributed by atoms with E-state index < -0.39 is 0 Å². The van der Waals surface area contributed by atoms with Gasteiger partial charge < -0.3 is 10.3 Å². The number of fused-ring (bicyclic) bond motifs is 2. The maximum Gasteiger partial charge on any atom is 0.0484 e. The summed E-state index contributed by atoms with van der Waals surface area (Å²) in [5, 5.41) is 4.35. The van der Waals surface area contributed by atoms with Gasteiger partial charge in [0.2, 0.25) is 0 Å². The Morgan fingerprint density at radius 2 is 2.28 bits per heavy atom. The summed E-state index contributed by atoms with van der Waals surface area (Å²) in [7, 11) is 0. The van der Waals surface area contributed by atoms with Gasteiger partial charge in [-0.05, 0) is 30.8 Å². The zero-order chi connectivity index (χ0) is 12.2. The highest BCUT2D eigenvalue weighted by atomic mass is 14.9. The minimum Gasteiger partial charge on any atom is -0.365 e. The molecule has 3 heterocycles. The number of aromatic amines is 1. The van der Waals surface area contributed by atoms with Crippen LogP contribution in [0.3, 0.4) is 0 Å². The van der Waals surface area contributed by atoms with Gasteiger partial charge in [-0.2, -0.15) is 0 Å². The first-order valence-electron chi connectivity index (χ1n) is 6.10. The molecule has 4 rings (SSSR count). The van der Waals surface area contributed by atoms with Gasteiger partial charge in [-0.25, -0.2) is 0 Å². The van der Waals surface area contributed by atoms with Gasteiger partial charge in [0.15, 0.2) is 0 Å². The Morgan fingerprint density at radius 3 is 3.17 bits per heavy atom. The molecule has 2 aromatic rings. The summed E-state index contributed by atoms with van der Waals surface area (Å²) >= 11 is 0. The average Bonchev–Trinajstić information content (AvgIpc) is 3.08. The molecule has 2 N–H and O–H groups in total. The van der Waals surface area contributed by atoms with Crippen molar-refractivity contribution in [2.75, 3.05) is 0 Å². The minimum atomic E-state index is 0.648. The molecule has 0 fully saturated rings. The molecule has 0 spiro atoms. The molecule has 0 bridgehead atoms. The molecule has 1 aliphatic carbocycles. The van der Waals surface area contributed by atoms with Crippen LogP contribution in [-0.4, -0.2) is 9.97 Å². The number of hydrogen-bond donors (Lipinski definition) is 2. The number of aromatic nitrogens is 2. The smallest absolute Gasteiger partial charge is 0.0484 e. The SMILES string of the molecule is C1=CCC2C=CNC2=C1.c1cc2[nH]ccc2cn1. The van der Waals surface area contributed by atoms with Gasteiger partial charge in [0.1, 0.15) is 0 Å². The second-order valence-corrected chi connectivity index (χ2v) is 4.34. The lowest BCUT2D eigenvalue weighted by Gasteiger charge is -2.10. The second-order valence-electron chi connectivity index (χ2n) is 4.34. The fourth-order valence-electron chi connectivity index (χ4n) is 2.14. The first kappa shape index (κ1) is 10.8. The number of nitrogens with one attached hydrogen (secondary N) is 2. The lowest BCUT2D eigenvalue weighted by molar-refractivity contribution is 0.756. The lowest BCUT2D eigenvalue weighted by Crippen LogP contribution is -2.07. The van der Waals surface area contributed by atoms with E-state index in [0.29, 0.717) is 5.92 Å². The van der Waals surface area contributed by atoms with Gasteiger partial charge in [-0.15, -0.1) is 0 Å². The molecule has 0 amide bonds. The molecule has 0 saturated heterocycles. The molecule has 0 radical (unpaired) electrons. The summed E-state index contributed by atoms with van der Waals surface area (Å²) in [5.74, 6) is 0.648. The molecular formula is C15H15N3. The Kier molecular flexibility index (Phi) is 2.96. The molecule has 3 nitrogen and oxygen atoms in total. The maximum absolute atomic E-state index is 3.97. The molecule has 0 saturated carbocycles. The van der Waals surface area contributed by atoms with Crippen molar-refractivity contribution in [3.05, 3.63) is 66.9 Å². The summed E-state index contributed by atoms with van der Waals surface area (Å²) in [6, 6.07) is 3.96. The summed E-state index contributed by atoms with van der Waals surface area (Å²) in [5.41, 5.74) is 2.49. The lowest BCUT2D eigenvalue weighted by atomic mass is 9.99. The quantitative estimate of drug-likeness (QED) is 0.739. The number of rotatable bonds is 0. The Balaban J connectivity index is 0.000000111. The van der Waals surface area contributed by atoms with Crippen molar-refractivity contribution in [1.82, 2.24) is 15.3 Å². The van der Waals surface area contributed by atoms with Crippen molar-refractivity contribution in [1.29, 1.82) is 0 Å². The Hall–Kier alpha value is -2.29. The molecule has 0 aromatic carbocycles. The number of hydrogen-bond acceptors (Lipinski definition) is 2. The fraction of sp³-hybridized carbons (Fsp3) is 0.133. The van der Waals surface area contributed by atoms with Crippen LogP contribution < -0.4 is 5.32 Å². The number of pyridine rings is 1. The predicted molar refractivity (Wildman–Crippen MR) is 73.7 cm³/mol. The van der Waals surface area contributed by atoms with Crippen molar-refractivity contribution < 1.29 is 0 Å². The van der Waals surface area contributed by atoms with Gasteiger partial charge in [0.05, 0.1) is 0 Å². The molecule has 1 atom stereocenters. The van der Waals surface area contributed by atoms with Crippen LogP contribution in [0.15, 0.2) is 66.9 Å². The van der Waals surface area contributed by atoms with Gasteiger partial charge in [-0.3, -0.25) is 4.98 Å². The van der Waals surface area contributed by atoms with Gasteiger partial charge in [0, 0.05) is 41.1 Å². The predicted octanol–water partition coefficient (Wildman–Crippen LogP) is 3.13. The largest absolute Gasteiger partial charge is 0.365 e.